The topological polar surface area (TPSA) is 46.5 Å². The molecular formula is C26H19Br2IN4. The molecule has 0 saturated heterocycles. The minimum Gasteiger partial charge on any atom is -0.345 e. The van der Waals surface area contributed by atoms with Crippen LogP contribution in [0.2, 0.25) is 0 Å². The fourth-order valence-electron chi connectivity index (χ4n) is 3.08. The number of aromatic nitrogens is 4. The zero-order valence-corrected chi connectivity index (χ0v) is 22.7. The summed E-state index contributed by atoms with van der Waals surface area (Å²) in [5.74, 6) is 0. The van der Waals surface area contributed by atoms with Crippen molar-refractivity contribution in [1.82, 2.24) is 19.5 Å². The van der Waals surface area contributed by atoms with Gasteiger partial charge in [-0.15, -0.1) is 0 Å². The number of hydrogen-bond donors (Lipinski definition) is 1. The van der Waals surface area contributed by atoms with E-state index < -0.39 is 0 Å². The van der Waals surface area contributed by atoms with Crippen molar-refractivity contribution in [2.45, 2.75) is 0 Å². The van der Waals surface area contributed by atoms with Crippen molar-refractivity contribution in [3.63, 3.8) is 0 Å². The number of para-hydroxylation sites is 4. The molecule has 164 valence electrons. The normalized spacial score (nSPS) is 10.3. The van der Waals surface area contributed by atoms with E-state index in [0.717, 1.165) is 36.7 Å². The molecule has 4 aromatic carbocycles. The fraction of sp³-hybridized carbons (Fsp3) is 0. The van der Waals surface area contributed by atoms with E-state index in [2.05, 4.69) is 104 Å². The molecule has 0 aliphatic rings. The van der Waals surface area contributed by atoms with E-state index in [0.29, 0.717) is 0 Å². The summed E-state index contributed by atoms with van der Waals surface area (Å²) in [6.07, 6.45) is 3.55. The summed E-state index contributed by atoms with van der Waals surface area (Å²) >= 11 is 9.05. The van der Waals surface area contributed by atoms with Gasteiger partial charge in [0.2, 0.25) is 0 Å². The van der Waals surface area contributed by atoms with Gasteiger partial charge in [0.1, 0.15) is 6.33 Å². The largest absolute Gasteiger partial charge is 0.345 e. The van der Waals surface area contributed by atoms with E-state index in [9.17, 15) is 0 Å². The Labute approximate surface area is 222 Å². The smallest absolute Gasteiger partial charge is 0.100 e. The van der Waals surface area contributed by atoms with Crippen molar-refractivity contribution in [2.24, 2.45) is 0 Å². The third kappa shape index (κ3) is 6.52. The van der Waals surface area contributed by atoms with Crippen LogP contribution in [0.4, 0.5) is 0 Å². The van der Waals surface area contributed by atoms with Crippen LogP contribution in [-0.4, -0.2) is 19.5 Å². The number of benzene rings is 4. The predicted molar refractivity (Wildman–Crippen MR) is 152 cm³/mol. The maximum absolute atomic E-state index is 4.37. The van der Waals surface area contributed by atoms with Crippen LogP contribution in [-0.2, 0) is 0 Å². The van der Waals surface area contributed by atoms with Crippen molar-refractivity contribution < 1.29 is 0 Å². The van der Waals surface area contributed by atoms with E-state index in [4.69, 9.17) is 0 Å². The Morgan fingerprint density at radius 3 is 1.94 bits per heavy atom. The van der Waals surface area contributed by atoms with Crippen LogP contribution in [0.25, 0.3) is 27.8 Å². The Morgan fingerprint density at radius 2 is 1.27 bits per heavy atom. The number of aromatic amines is 1. The molecule has 0 amide bonds. The van der Waals surface area contributed by atoms with Gasteiger partial charge in [0, 0.05) is 18.2 Å². The van der Waals surface area contributed by atoms with Crippen molar-refractivity contribution in [3.05, 3.63) is 122 Å². The highest BCUT2D eigenvalue weighted by molar-refractivity contribution is 14.1. The number of imidazole rings is 2. The quantitative estimate of drug-likeness (QED) is 0.178. The molecule has 33 heavy (non-hydrogen) atoms. The number of nitrogens with one attached hydrogen (secondary N) is 1. The van der Waals surface area contributed by atoms with Gasteiger partial charge in [-0.05, 0) is 95.4 Å². The van der Waals surface area contributed by atoms with Crippen molar-refractivity contribution in [2.75, 3.05) is 0 Å². The third-order valence-corrected chi connectivity index (χ3v) is 6.47. The van der Waals surface area contributed by atoms with Crippen LogP contribution in [0.15, 0.2) is 119 Å². The molecule has 0 fully saturated rings. The first-order valence-corrected chi connectivity index (χ1v) is 12.7. The van der Waals surface area contributed by atoms with Crippen molar-refractivity contribution in [1.29, 1.82) is 0 Å². The van der Waals surface area contributed by atoms with Crippen LogP contribution in [0, 0.1) is 3.57 Å². The molecule has 2 aromatic heterocycles. The van der Waals surface area contributed by atoms with E-state index in [1.807, 2.05) is 73.1 Å². The van der Waals surface area contributed by atoms with Gasteiger partial charge in [-0.25, -0.2) is 9.97 Å². The molecule has 4 nitrogen and oxygen atoms in total. The van der Waals surface area contributed by atoms with E-state index in [1.165, 1.54) is 3.57 Å². The average molecular weight is 674 g/mol. The second-order valence-electron chi connectivity index (χ2n) is 6.94. The van der Waals surface area contributed by atoms with Crippen molar-refractivity contribution >= 4 is 76.5 Å². The highest BCUT2D eigenvalue weighted by atomic mass is 127. The lowest BCUT2D eigenvalue weighted by atomic mass is 10.3. The van der Waals surface area contributed by atoms with Gasteiger partial charge in [-0.2, -0.15) is 0 Å². The van der Waals surface area contributed by atoms with Crippen LogP contribution in [0.5, 0.6) is 0 Å². The Kier molecular flexibility index (Phi) is 8.30. The molecule has 0 radical (unpaired) electrons. The fourth-order valence-corrected chi connectivity index (χ4v) is 3.96. The summed E-state index contributed by atoms with van der Waals surface area (Å²) in [6, 6.07) is 32.4. The lowest BCUT2D eigenvalue weighted by molar-refractivity contribution is 1.09. The van der Waals surface area contributed by atoms with E-state index >= 15 is 0 Å². The zero-order chi connectivity index (χ0) is 23.0. The van der Waals surface area contributed by atoms with E-state index in [-0.39, 0.29) is 0 Å². The Hall–Kier alpha value is -2.49. The minimum absolute atomic E-state index is 1.02. The molecule has 6 aromatic rings. The predicted octanol–water partition coefficient (Wildman–Crippen LogP) is 8.40. The molecule has 0 saturated carbocycles. The number of rotatable bonds is 1. The summed E-state index contributed by atoms with van der Waals surface area (Å²) in [5, 5.41) is 0. The Bertz CT molecular complexity index is 1390. The van der Waals surface area contributed by atoms with Gasteiger partial charge in [0.25, 0.3) is 0 Å². The summed E-state index contributed by atoms with van der Waals surface area (Å²) in [6.45, 7) is 0. The SMILES string of the molecule is Brc1ccc(-n2cnc3ccccc32)cc1.Brc1ccc(I)cc1.c1ccc2[nH]cnc2c1. The number of halogens is 3. The minimum atomic E-state index is 1.02. The zero-order valence-electron chi connectivity index (χ0n) is 17.4. The maximum Gasteiger partial charge on any atom is 0.100 e. The first-order valence-electron chi connectivity index (χ1n) is 10.1. The van der Waals surface area contributed by atoms with Gasteiger partial charge in [0.05, 0.1) is 28.4 Å². The molecule has 2 heterocycles. The number of nitrogens with zero attached hydrogens (tertiary/aromatic N) is 3. The van der Waals surface area contributed by atoms with Gasteiger partial charge in [-0.3, -0.25) is 4.57 Å². The lowest BCUT2D eigenvalue weighted by Crippen LogP contribution is -1.90. The summed E-state index contributed by atoms with van der Waals surface area (Å²) < 4.78 is 5.58. The molecule has 0 atom stereocenters. The molecule has 7 heteroatoms. The molecule has 0 spiro atoms. The summed E-state index contributed by atoms with van der Waals surface area (Å²) in [5.41, 5.74) is 5.39. The molecule has 0 bridgehead atoms. The van der Waals surface area contributed by atoms with Crippen molar-refractivity contribution in [3.8, 4) is 5.69 Å². The summed E-state index contributed by atoms with van der Waals surface area (Å²) in [7, 11) is 0. The number of hydrogen-bond acceptors (Lipinski definition) is 2. The van der Waals surface area contributed by atoms with Gasteiger partial charge >= 0.3 is 0 Å². The molecule has 0 aliphatic carbocycles. The Balaban J connectivity index is 0.000000129. The van der Waals surface area contributed by atoms with Crippen LogP contribution >= 0.6 is 54.5 Å². The second kappa shape index (κ2) is 11.6. The second-order valence-corrected chi connectivity index (χ2v) is 10.0. The molecule has 6 rings (SSSR count). The molecular weight excluding hydrogens is 655 g/mol. The molecule has 0 aliphatic heterocycles. The highest BCUT2D eigenvalue weighted by Crippen LogP contribution is 2.19. The highest BCUT2D eigenvalue weighted by Gasteiger charge is 2.02. The summed E-state index contributed by atoms with van der Waals surface area (Å²) in [4.78, 5) is 11.4. The molecule has 1 N–H and O–H groups in total. The van der Waals surface area contributed by atoms with Crippen LogP contribution < -0.4 is 0 Å². The van der Waals surface area contributed by atoms with Gasteiger partial charge in [-0.1, -0.05) is 56.1 Å². The van der Waals surface area contributed by atoms with E-state index in [1.54, 1.807) is 6.33 Å². The number of H-pyrrole nitrogens is 1. The molecule has 0 unspecified atom stereocenters. The van der Waals surface area contributed by atoms with Gasteiger partial charge in [0.15, 0.2) is 0 Å². The lowest BCUT2D eigenvalue weighted by Gasteiger charge is -2.03. The van der Waals surface area contributed by atoms with Gasteiger partial charge < -0.3 is 4.98 Å². The first kappa shape index (κ1) is 23.7. The van der Waals surface area contributed by atoms with Crippen LogP contribution in [0.3, 0.4) is 0 Å². The first-order chi connectivity index (χ1) is 16.1. The average Bonchev–Trinajstić information content (AvgIpc) is 3.50. The standard InChI is InChI=1S/C13H9BrN2.C7H6N2.C6H4BrI/c14-10-5-7-11(8-6-10)16-9-15-12-3-1-2-4-13(12)16;1-2-4-7-6(3-1)8-5-9-7;7-5-1-3-6(8)4-2-5/h1-9H;1-5H,(H,8,9);1-4H. The maximum atomic E-state index is 4.37. The third-order valence-electron chi connectivity index (χ3n) is 4.69. The van der Waals surface area contributed by atoms with Crippen LogP contribution in [0.1, 0.15) is 0 Å². The number of fused-ring (bicyclic) bond motifs is 2. The monoisotopic (exact) mass is 672 g/mol. The Morgan fingerprint density at radius 1 is 0.667 bits per heavy atom.